The van der Waals surface area contributed by atoms with Gasteiger partial charge in [-0.25, -0.2) is 0 Å². The van der Waals surface area contributed by atoms with Crippen LogP contribution < -0.4 is 20.3 Å². The summed E-state index contributed by atoms with van der Waals surface area (Å²) >= 11 is 5.36. The van der Waals surface area contributed by atoms with E-state index in [1.165, 1.54) is 5.69 Å². The molecule has 0 saturated carbocycles. The Morgan fingerprint density at radius 3 is 2.42 bits per heavy atom. The Balaban J connectivity index is 1.87. The molecule has 4 nitrogen and oxygen atoms in total. The van der Waals surface area contributed by atoms with Gasteiger partial charge in [0.2, 0.25) is 0 Å². The highest BCUT2D eigenvalue weighted by Gasteiger charge is 2.03. The van der Waals surface area contributed by atoms with Crippen LogP contribution in [-0.2, 0) is 6.54 Å². The molecule has 0 bridgehead atoms. The smallest absolute Gasteiger partial charge is 0.171 e. The Hall–Kier alpha value is -2.27. The van der Waals surface area contributed by atoms with Crippen molar-refractivity contribution < 1.29 is 4.74 Å². The second-order valence-corrected chi connectivity index (χ2v) is 5.79. The van der Waals surface area contributed by atoms with Crippen molar-refractivity contribution in [3.63, 3.8) is 0 Å². The molecule has 0 unspecified atom stereocenters. The summed E-state index contributed by atoms with van der Waals surface area (Å²) in [4.78, 5) is 2.31. The van der Waals surface area contributed by atoms with Crippen LogP contribution in [0.15, 0.2) is 48.5 Å². The van der Waals surface area contributed by atoms with Gasteiger partial charge in [0.25, 0.3) is 0 Å². The third kappa shape index (κ3) is 5.13. The fraction of sp³-hybridized carbons (Fsp3) is 0.316. The highest BCUT2D eigenvalue weighted by atomic mass is 32.1. The highest BCUT2D eigenvalue weighted by Crippen LogP contribution is 2.17. The predicted molar refractivity (Wildman–Crippen MR) is 106 cm³/mol. The van der Waals surface area contributed by atoms with Crippen LogP contribution in [0.25, 0.3) is 0 Å². The van der Waals surface area contributed by atoms with Crippen molar-refractivity contribution >= 4 is 28.7 Å². The minimum absolute atomic E-state index is 0.605. The first-order chi connectivity index (χ1) is 11.7. The number of ether oxygens (including phenoxy) is 1. The highest BCUT2D eigenvalue weighted by molar-refractivity contribution is 7.80. The fourth-order valence-corrected chi connectivity index (χ4v) is 2.67. The van der Waals surface area contributed by atoms with E-state index in [9.17, 15) is 0 Å². The lowest BCUT2D eigenvalue weighted by Gasteiger charge is -2.21. The van der Waals surface area contributed by atoms with E-state index in [4.69, 9.17) is 17.0 Å². The van der Waals surface area contributed by atoms with Gasteiger partial charge in [0, 0.05) is 31.0 Å². The van der Waals surface area contributed by atoms with Gasteiger partial charge in [-0.2, -0.15) is 0 Å². The molecule has 0 aliphatic rings. The van der Waals surface area contributed by atoms with E-state index >= 15 is 0 Å². The summed E-state index contributed by atoms with van der Waals surface area (Å²) < 4.78 is 5.23. The number of rotatable bonds is 7. The van der Waals surface area contributed by atoms with Gasteiger partial charge in [0.1, 0.15) is 5.75 Å². The molecule has 0 aromatic heterocycles. The van der Waals surface area contributed by atoms with Crippen LogP contribution in [-0.4, -0.2) is 25.3 Å². The zero-order valence-corrected chi connectivity index (χ0v) is 15.3. The lowest BCUT2D eigenvalue weighted by molar-refractivity contribution is 0.414. The average Bonchev–Trinajstić information content (AvgIpc) is 2.62. The Morgan fingerprint density at radius 1 is 1.08 bits per heavy atom. The van der Waals surface area contributed by atoms with Gasteiger partial charge in [-0.05, 0) is 68.0 Å². The SMILES string of the molecule is CCN(CC)c1ccc(NC(=S)NCc2cccc(OC)c2)cc1. The Morgan fingerprint density at radius 2 is 1.79 bits per heavy atom. The van der Waals surface area contributed by atoms with Gasteiger partial charge in [0.15, 0.2) is 5.11 Å². The predicted octanol–water partition coefficient (Wildman–Crippen LogP) is 4.03. The van der Waals surface area contributed by atoms with E-state index in [1.807, 2.05) is 36.4 Å². The van der Waals surface area contributed by atoms with E-state index in [2.05, 4.69) is 41.5 Å². The molecule has 0 atom stereocenters. The van der Waals surface area contributed by atoms with E-state index < -0.39 is 0 Å². The van der Waals surface area contributed by atoms with Crippen molar-refractivity contribution in [2.45, 2.75) is 20.4 Å². The minimum atomic E-state index is 0.605. The van der Waals surface area contributed by atoms with E-state index in [-0.39, 0.29) is 0 Å². The zero-order chi connectivity index (χ0) is 17.4. The van der Waals surface area contributed by atoms with Gasteiger partial charge in [-0.3, -0.25) is 0 Å². The maximum Gasteiger partial charge on any atom is 0.171 e. The Kier molecular flexibility index (Phi) is 6.88. The van der Waals surface area contributed by atoms with Gasteiger partial charge in [-0.15, -0.1) is 0 Å². The number of thiocarbonyl (C=S) groups is 1. The topological polar surface area (TPSA) is 36.5 Å². The van der Waals surface area contributed by atoms with Crippen LogP contribution in [0.2, 0.25) is 0 Å². The van der Waals surface area contributed by atoms with Gasteiger partial charge < -0.3 is 20.3 Å². The number of anilines is 2. The zero-order valence-electron chi connectivity index (χ0n) is 14.5. The molecule has 0 radical (unpaired) electrons. The van der Waals surface area contributed by atoms with Crippen LogP contribution in [0.1, 0.15) is 19.4 Å². The molecule has 0 saturated heterocycles. The molecule has 0 aliphatic carbocycles. The molecular weight excluding hydrogens is 318 g/mol. The van der Waals surface area contributed by atoms with Crippen LogP contribution in [0, 0.1) is 0 Å². The second-order valence-electron chi connectivity index (χ2n) is 5.38. The van der Waals surface area contributed by atoms with Crippen LogP contribution in [0.5, 0.6) is 5.75 Å². The summed E-state index contributed by atoms with van der Waals surface area (Å²) in [5.41, 5.74) is 3.32. The molecule has 24 heavy (non-hydrogen) atoms. The molecule has 128 valence electrons. The maximum atomic E-state index is 5.36. The quantitative estimate of drug-likeness (QED) is 0.743. The summed E-state index contributed by atoms with van der Waals surface area (Å²) in [6.45, 7) is 6.98. The number of methoxy groups -OCH3 is 1. The Labute approximate surface area is 149 Å². The number of nitrogens with one attached hydrogen (secondary N) is 2. The van der Waals surface area contributed by atoms with E-state index in [1.54, 1.807) is 7.11 Å². The molecule has 0 aliphatic heterocycles. The number of hydrogen-bond acceptors (Lipinski definition) is 3. The number of benzene rings is 2. The molecule has 5 heteroatoms. The van der Waals surface area contributed by atoms with Crippen molar-refractivity contribution in [2.24, 2.45) is 0 Å². The van der Waals surface area contributed by atoms with Crippen LogP contribution in [0.3, 0.4) is 0 Å². The molecule has 0 amide bonds. The molecule has 0 spiro atoms. The summed E-state index contributed by atoms with van der Waals surface area (Å²) in [5, 5.41) is 7.03. The third-order valence-electron chi connectivity index (χ3n) is 3.84. The van der Waals surface area contributed by atoms with Crippen molar-refractivity contribution in [3.05, 3.63) is 54.1 Å². The molecular formula is C19H25N3OS. The molecule has 2 aromatic carbocycles. The van der Waals surface area contributed by atoms with Crippen LogP contribution >= 0.6 is 12.2 Å². The van der Waals surface area contributed by atoms with E-state index in [0.29, 0.717) is 11.7 Å². The molecule has 0 fully saturated rings. The first-order valence-corrected chi connectivity index (χ1v) is 8.59. The second kappa shape index (κ2) is 9.13. The minimum Gasteiger partial charge on any atom is -0.497 e. The number of nitrogens with zero attached hydrogens (tertiary/aromatic N) is 1. The maximum absolute atomic E-state index is 5.36. The molecule has 2 aromatic rings. The van der Waals surface area contributed by atoms with Crippen molar-refractivity contribution in [1.29, 1.82) is 0 Å². The monoisotopic (exact) mass is 343 g/mol. The molecule has 2 N–H and O–H groups in total. The van der Waals surface area contributed by atoms with Gasteiger partial charge >= 0.3 is 0 Å². The molecule has 0 heterocycles. The summed E-state index contributed by atoms with van der Waals surface area (Å²) in [6.07, 6.45) is 0. The lowest BCUT2D eigenvalue weighted by atomic mass is 10.2. The van der Waals surface area contributed by atoms with E-state index in [0.717, 1.165) is 30.1 Å². The largest absolute Gasteiger partial charge is 0.497 e. The lowest BCUT2D eigenvalue weighted by Crippen LogP contribution is -2.28. The number of hydrogen-bond donors (Lipinski definition) is 2. The Bertz CT molecular complexity index is 654. The normalized spacial score (nSPS) is 10.1. The van der Waals surface area contributed by atoms with Crippen molar-refractivity contribution in [1.82, 2.24) is 5.32 Å². The summed E-state index contributed by atoms with van der Waals surface area (Å²) in [7, 11) is 1.67. The first-order valence-electron chi connectivity index (χ1n) is 8.19. The average molecular weight is 343 g/mol. The van der Waals surface area contributed by atoms with Gasteiger partial charge in [-0.1, -0.05) is 12.1 Å². The van der Waals surface area contributed by atoms with Crippen molar-refractivity contribution in [2.75, 3.05) is 30.4 Å². The summed E-state index contributed by atoms with van der Waals surface area (Å²) in [6, 6.07) is 16.3. The third-order valence-corrected chi connectivity index (χ3v) is 4.09. The fourth-order valence-electron chi connectivity index (χ4n) is 2.48. The summed E-state index contributed by atoms with van der Waals surface area (Å²) in [5.74, 6) is 0.847. The standard InChI is InChI=1S/C19H25N3OS/c1-4-22(5-2)17-11-9-16(10-12-17)21-19(24)20-14-15-7-6-8-18(13-15)23-3/h6-13H,4-5,14H2,1-3H3,(H2,20,21,24). The van der Waals surface area contributed by atoms with Crippen molar-refractivity contribution in [3.8, 4) is 5.75 Å². The van der Waals surface area contributed by atoms with Gasteiger partial charge in [0.05, 0.1) is 7.11 Å². The van der Waals surface area contributed by atoms with Crippen LogP contribution in [0.4, 0.5) is 11.4 Å². The molecule has 2 rings (SSSR count). The first kappa shape index (κ1) is 18.1.